The van der Waals surface area contributed by atoms with Crippen LogP contribution in [0.15, 0.2) is 24.3 Å². The highest BCUT2D eigenvalue weighted by atomic mass is 28.3. The van der Waals surface area contributed by atoms with E-state index in [2.05, 4.69) is 31.1 Å². The van der Waals surface area contributed by atoms with Gasteiger partial charge in [0.25, 0.3) is 5.69 Å². The number of non-ortho nitro benzene ring substituents is 1. The molecular formula is C13H15NO3Si. The molecule has 0 aliphatic rings. The lowest BCUT2D eigenvalue weighted by Crippen LogP contribution is -2.16. The summed E-state index contributed by atoms with van der Waals surface area (Å²) >= 11 is 0. The SMILES string of the molecule is C[Si](C)(C)C#CCC(=O)c1cccc([N+](=O)[O-])c1. The van der Waals surface area contributed by atoms with Gasteiger partial charge in [-0.3, -0.25) is 14.9 Å². The van der Waals surface area contributed by atoms with Crippen molar-refractivity contribution in [2.24, 2.45) is 0 Å². The van der Waals surface area contributed by atoms with Gasteiger partial charge < -0.3 is 0 Å². The van der Waals surface area contributed by atoms with Gasteiger partial charge in [0.2, 0.25) is 0 Å². The number of ketones is 1. The third-order valence-corrected chi connectivity index (χ3v) is 3.02. The van der Waals surface area contributed by atoms with E-state index in [0.717, 1.165) is 0 Å². The molecule has 0 atom stereocenters. The largest absolute Gasteiger partial charge is 0.293 e. The molecule has 94 valence electrons. The lowest BCUT2D eigenvalue weighted by atomic mass is 10.1. The molecule has 0 N–H and O–H groups in total. The summed E-state index contributed by atoms with van der Waals surface area (Å²) in [5, 5.41) is 10.6. The molecule has 0 unspecified atom stereocenters. The van der Waals surface area contributed by atoms with Gasteiger partial charge >= 0.3 is 0 Å². The maximum absolute atomic E-state index is 11.8. The molecule has 5 heteroatoms. The predicted molar refractivity (Wildman–Crippen MR) is 73.2 cm³/mol. The van der Waals surface area contributed by atoms with Crippen LogP contribution in [0.3, 0.4) is 0 Å². The second kappa shape index (κ2) is 5.60. The number of hydrogen-bond donors (Lipinski definition) is 0. The number of carbonyl (C=O) groups excluding carboxylic acids is 1. The minimum Gasteiger partial charge on any atom is -0.293 e. The van der Waals surface area contributed by atoms with Crippen molar-refractivity contribution < 1.29 is 9.72 Å². The van der Waals surface area contributed by atoms with E-state index < -0.39 is 13.0 Å². The normalized spacial score (nSPS) is 10.4. The van der Waals surface area contributed by atoms with Crippen LogP contribution in [0, 0.1) is 21.6 Å². The first kappa shape index (κ1) is 14.1. The highest BCUT2D eigenvalue weighted by molar-refractivity contribution is 6.83. The van der Waals surface area contributed by atoms with Crippen LogP contribution in [-0.2, 0) is 0 Å². The molecule has 0 aliphatic heterocycles. The van der Waals surface area contributed by atoms with Gasteiger partial charge in [-0.1, -0.05) is 31.8 Å². The van der Waals surface area contributed by atoms with E-state index in [-0.39, 0.29) is 17.9 Å². The molecule has 1 aromatic carbocycles. The Morgan fingerprint density at radius 3 is 2.61 bits per heavy atom. The number of rotatable bonds is 3. The number of hydrogen-bond acceptors (Lipinski definition) is 3. The van der Waals surface area contributed by atoms with Gasteiger partial charge in [0, 0.05) is 17.7 Å². The van der Waals surface area contributed by atoms with Crippen LogP contribution in [0.4, 0.5) is 5.69 Å². The van der Waals surface area contributed by atoms with Crippen molar-refractivity contribution in [1.82, 2.24) is 0 Å². The molecule has 0 saturated heterocycles. The van der Waals surface area contributed by atoms with Crippen molar-refractivity contribution in [3.63, 3.8) is 0 Å². The monoisotopic (exact) mass is 261 g/mol. The number of nitrogens with zero attached hydrogens (tertiary/aromatic N) is 1. The summed E-state index contributed by atoms with van der Waals surface area (Å²) in [6.07, 6.45) is 0.117. The molecule has 0 aliphatic carbocycles. The van der Waals surface area contributed by atoms with Crippen LogP contribution >= 0.6 is 0 Å². The lowest BCUT2D eigenvalue weighted by molar-refractivity contribution is -0.384. The zero-order valence-corrected chi connectivity index (χ0v) is 11.7. The molecule has 18 heavy (non-hydrogen) atoms. The van der Waals surface area contributed by atoms with Crippen molar-refractivity contribution in [3.05, 3.63) is 39.9 Å². The third-order valence-electron chi connectivity index (χ3n) is 2.09. The number of Topliss-reactive ketones (excluding diaryl/α,β-unsaturated/α-hetero) is 1. The standard InChI is InChI=1S/C13H15NO3Si/c1-18(2,3)9-5-8-13(15)11-6-4-7-12(10-11)14(16)17/h4,6-7,10H,8H2,1-3H3. The highest BCUT2D eigenvalue weighted by Gasteiger charge is 2.11. The lowest BCUT2D eigenvalue weighted by Gasteiger charge is -2.03. The highest BCUT2D eigenvalue weighted by Crippen LogP contribution is 2.14. The Balaban J connectivity index is 2.81. The molecule has 0 spiro atoms. The van der Waals surface area contributed by atoms with Gasteiger partial charge in [-0.2, -0.15) is 0 Å². The van der Waals surface area contributed by atoms with Crippen molar-refractivity contribution in [3.8, 4) is 11.5 Å². The van der Waals surface area contributed by atoms with Crippen LogP contribution in [0.2, 0.25) is 19.6 Å². The second-order valence-corrected chi connectivity index (χ2v) is 9.71. The van der Waals surface area contributed by atoms with Crippen LogP contribution < -0.4 is 0 Å². The second-order valence-electron chi connectivity index (χ2n) is 4.96. The third kappa shape index (κ3) is 4.51. The first-order valence-electron chi connectivity index (χ1n) is 5.57. The summed E-state index contributed by atoms with van der Waals surface area (Å²) < 4.78 is 0. The summed E-state index contributed by atoms with van der Waals surface area (Å²) in [4.78, 5) is 21.9. The predicted octanol–water partition coefficient (Wildman–Crippen LogP) is 3.05. The molecule has 0 bridgehead atoms. The topological polar surface area (TPSA) is 60.2 Å². The van der Waals surface area contributed by atoms with Crippen LogP contribution in [-0.4, -0.2) is 18.8 Å². The van der Waals surface area contributed by atoms with Crippen molar-refractivity contribution in [2.45, 2.75) is 26.1 Å². The summed E-state index contributed by atoms with van der Waals surface area (Å²) in [7, 11) is -1.48. The molecule has 1 rings (SSSR count). The molecule has 0 heterocycles. The van der Waals surface area contributed by atoms with Gasteiger partial charge in [0.1, 0.15) is 8.07 Å². The molecule has 0 amide bonds. The van der Waals surface area contributed by atoms with Crippen LogP contribution in [0.1, 0.15) is 16.8 Å². The number of carbonyl (C=O) groups is 1. The number of nitro groups is 1. The molecule has 0 fully saturated rings. The van der Waals surface area contributed by atoms with E-state index in [4.69, 9.17) is 0 Å². The van der Waals surface area contributed by atoms with Crippen molar-refractivity contribution in [1.29, 1.82) is 0 Å². The zero-order valence-electron chi connectivity index (χ0n) is 10.7. The van der Waals surface area contributed by atoms with Crippen molar-refractivity contribution >= 4 is 19.5 Å². The van der Waals surface area contributed by atoms with E-state index in [1.54, 1.807) is 6.07 Å². The Morgan fingerprint density at radius 1 is 1.39 bits per heavy atom. The van der Waals surface area contributed by atoms with Gasteiger partial charge in [-0.05, 0) is 0 Å². The van der Waals surface area contributed by atoms with Crippen LogP contribution in [0.5, 0.6) is 0 Å². The maximum atomic E-state index is 11.8. The molecule has 1 aromatic rings. The fourth-order valence-corrected chi connectivity index (χ4v) is 1.90. The average molecular weight is 261 g/mol. The summed E-state index contributed by atoms with van der Waals surface area (Å²) in [5.74, 6) is 2.69. The molecule has 0 aromatic heterocycles. The van der Waals surface area contributed by atoms with Gasteiger partial charge in [-0.25, -0.2) is 0 Å². The van der Waals surface area contributed by atoms with E-state index in [9.17, 15) is 14.9 Å². The summed E-state index contributed by atoms with van der Waals surface area (Å²) in [6, 6.07) is 5.74. The van der Waals surface area contributed by atoms with Gasteiger partial charge in [0.05, 0.1) is 11.3 Å². The zero-order chi connectivity index (χ0) is 13.8. The minimum atomic E-state index is -1.48. The fourth-order valence-electron chi connectivity index (χ4n) is 1.28. The first-order chi connectivity index (χ1) is 8.29. The molecule has 4 nitrogen and oxygen atoms in total. The Bertz CT molecular complexity index is 535. The minimum absolute atomic E-state index is 0.0704. The van der Waals surface area contributed by atoms with E-state index >= 15 is 0 Å². The molecular weight excluding hydrogens is 246 g/mol. The van der Waals surface area contributed by atoms with Gasteiger partial charge in [-0.15, -0.1) is 11.5 Å². The van der Waals surface area contributed by atoms with E-state index in [1.165, 1.54) is 18.2 Å². The number of nitro benzene ring substituents is 1. The summed E-state index contributed by atoms with van der Waals surface area (Å²) in [5.41, 5.74) is 3.37. The Labute approximate surface area is 107 Å². The first-order valence-corrected chi connectivity index (χ1v) is 9.07. The number of benzene rings is 1. The Morgan fingerprint density at radius 2 is 2.06 bits per heavy atom. The smallest absolute Gasteiger partial charge is 0.270 e. The van der Waals surface area contributed by atoms with Crippen molar-refractivity contribution in [2.75, 3.05) is 0 Å². The fraction of sp³-hybridized carbons (Fsp3) is 0.308. The molecule has 0 saturated carbocycles. The summed E-state index contributed by atoms with van der Waals surface area (Å²) in [6.45, 7) is 6.29. The van der Waals surface area contributed by atoms with Gasteiger partial charge in [0.15, 0.2) is 5.78 Å². The Kier molecular flexibility index (Phi) is 4.40. The quantitative estimate of drug-likeness (QED) is 0.276. The Hall–Kier alpha value is -1.93. The van der Waals surface area contributed by atoms with E-state index in [0.29, 0.717) is 5.56 Å². The maximum Gasteiger partial charge on any atom is 0.270 e. The molecule has 0 radical (unpaired) electrons. The average Bonchev–Trinajstić information content (AvgIpc) is 2.27. The van der Waals surface area contributed by atoms with E-state index in [1.807, 2.05) is 0 Å². The van der Waals surface area contributed by atoms with Crippen LogP contribution in [0.25, 0.3) is 0 Å².